The van der Waals surface area contributed by atoms with E-state index >= 15 is 0 Å². The number of amidine groups is 1. The molecule has 44 heavy (non-hydrogen) atoms. The standard InChI is InChI=1S/C32H33N5O7/c1-4-20-15-25(30(39)36-22-9-7-21(8-10-22)29(33)34)24(16-27(20)42-3)23-11-12-26(31(40)35-17-19-5-6-19)37-28(23)32(41)44-14-13-43-18(2)38/h4,7-12,15-16,19H,1,5-6,13-14,17H2,2-3H3,(H3,33,34)(H,35,40)(H,36,39). The molecule has 0 spiro atoms. The van der Waals surface area contributed by atoms with Gasteiger partial charge in [-0.15, -0.1) is 0 Å². The maximum Gasteiger partial charge on any atom is 0.357 e. The molecule has 4 rings (SSSR count). The third-order valence-corrected chi connectivity index (χ3v) is 6.77. The van der Waals surface area contributed by atoms with Crippen molar-refractivity contribution < 1.29 is 33.4 Å². The maximum atomic E-state index is 13.7. The second kappa shape index (κ2) is 14.1. The number of amides is 2. The van der Waals surface area contributed by atoms with E-state index in [4.69, 9.17) is 25.4 Å². The highest BCUT2D eigenvalue weighted by molar-refractivity contribution is 6.11. The lowest BCUT2D eigenvalue weighted by Gasteiger charge is -2.17. The predicted octanol–water partition coefficient (Wildman–Crippen LogP) is 3.80. The zero-order chi connectivity index (χ0) is 31.8. The number of carbonyl (C=O) groups excluding carboxylic acids is 4. The van der Waals surface area contributed by atoms with Crippen molar-refractivity contribution >= 4 is 41.4 Å². The minimum absolute atomic E-state index is 0.00687. The molecule has 1 aromatic heterocycles. The molecule has 12 nitrogen and oxygen atoms in total. The number of rotatable bonds is 13. The number of ether oxygens (including phenoxy) is 3. The molecule has 1 aliphatic rings. The third-order valence-electron chi connectivity index (χ3n) is 6.77. The van der Waals surface area contributed by atoms with Gasteiger partial charge in [-0.2, -0.15) is 0 Å². The largest absolute Gasteiger partial charge is 0.496 e. The van der Waals surface area contributed by atoms with Gasteiger partial charge in [-0.05, 0) is 67.3 Å². The number of nitrogens with one attached hydrogen (secondary N) is 3. The Hall–Kier alpha value is -5.52. The van der Waals surface area contributed by atoms with E-state index in [1.165, 1.54) is 32.2 Å². The Labute approximate surface area is 254 Å². The van der Waals surface area contributed by atoms with Gasteiger partial charge in [0, 0.05) is 47.0 Å². The van der Waals surface area contributed by atoms with E-state index in [-0.39, 0.29) is 47.1 Å². The molecule has 0 atom stereocenters. The van der Waals surface area contributed by atoms with Crippen LogP contribution in [0.4, 0.5) is 5.69 Å². The molecular formula is C32H33N5O7. The van der Waals surface area contributed by atoms with E-state index in [1.807, 2.05) is 0 Å². The van der Waals surface area contributed by atoms with Crippen LogP contribution in [-0.4, -0.2) is 61.4 Å². The average molecular weight is 600 g/mol. The SMILES string of the molecule is C=Cc1cc(C(=O)Nc2ccc(C(=N)N)cc2)c(-c2ccc(C(=O)NCC3CC3)nc2C(=O)OCCOC(C)=O)cc1OC. The molecular weight excluding hydrogens is 566 g/mol. The van der Waals surface area contributed by atoms with Crippen molar-refractivity contribution in [2.24, 2.45) is 11.7 Å². The number of pyridine rings is 1. The zero-order valence-electron chi connectivity index (χ0n) is 24.4. The lowest BCUT2D eigenvalue weighted by molar-refractivity contribution is -0.142. The first kappa shape index (κ1) is 31.4. The van der Waals surface area contributed by atoms with Gasteiger partial charge >= 0.3 is 11.9 Å². The summed E-state index contributed by atoms with van der Waals surface area (Å²) in [7, 11) is 1.46. The van der Waals surface area contributed by atoms with Crippen LogP contribution in [-0.2, 0) is 14.3 Å². The van der Waals surface area contributed by atoms with E-state index in [0.29, 0.717) is 35.0 Å². The lowest BCUT2D eigenvalue weighted by Crippen LogP contribution is -2.27. The van der Waals surface area contributed by atoms with Crippen molar-refractivity contribution in [2.45, 2.75) is 19.8 Å². The Bertz CT molecular complexity index is 1610. The monoisotopic (exact) mass is 599 g/mol. The number of aromatic nitrogens is 1. The highest BCUT2D eigenvalue weighted by Gasteiger charge is 2.26. The summed E-state index contributed by atoms with van der Waals surface area (Å²) in [6.07, 6.45) is 3.61. The highest BCUT2D eigenvalue weighted by Crippen LogP contribution is 2.35. The molecule has 2 aromatic carbocycles. The fourth-order valence-corrected chi connectivity index (χ4v) is 4.27. The van der Waals surface area contributed by atoms with Crippen LogP contribution in [0.15, 0.2) is 55.1 Å². The van der Waals surface area contributed by atoms with Crippen LogP contribution < -0.4 is 21.1 Å². The Kier molecular flexibility index (Phi) is 10.1. The Balaban J connectivity index is 1.76. The Morgan fingerprint density at radius 3 is 2.34 bits per heavy atom. The number of nitrogens with zero attached hydrogens (tertiary/aromatic N) is 1. The van der Waals surface area contributed by atoms with Crippen LogP contribution in [0.3, 0.4) is 0 Å². The fraction of sp³-hybridized carbons (Fsp3) is 0.250. The molecule has 1 aliphatic carbocycles. The van der Waals surface area contributed by atoms with E-state index in [1.54, 1.807) is 36.4 Å². The van der Waals surface area contributed by atoms with Gasteiger partial charge in [0.1, 0.15) is 30.5 Å². The van der Waals surface area contributed by atoms with E-state index in [2.05, 4.69) is 22.2 Å². The molecule has 0 radical (unpaired) electrons. The lowest BCUT2D eigenvalue weighted by atomic mass is 9.94. The summed E-state index contributed by atoms with van der Waals surface area (Å²) in [6, 6.07) is 12.5. The van der Waals surface area contributed by atoms with Crippen LogP contribution in [0.1, 0.15) is 62.2 Å². The van der Waals surface area contributed by atoms with E-state index < -0.39 is 23.8 Å². The third kappa shape index (κ3) is 7.85. The topological polar surface area (TPSA) is 183 Å². The summed E-state index contributed by atoms with van der Waals surface area (Å²) in [5.74, 6) is -1.71. The number of carbonyl (C=O) groups is 4. The zero-order valence-corrected chi connectivity index (χ0v) is 24.4. The van der Waals surface area contributed by atoms with Gasteiger partial charge < -0.3 is 30.6 Å². The molecule has 1 saturated carbocycles. The second-order valence-electron chi connectivity index (χ2n) is 10.0. The normalized spacial score (nSPS) is 12.0. The smallest absolute Gasteiger partial charge is 0.357 e. The van der Waals surface area contributed by atoms with Gasteiger partial charge in [0.25, 0.3) is 11.8 Å². The number of hydrogen-bond donors (Lipinski definition) is 4. The maximum absolute atomic E-state index is 13.7. The molecule has 1 heterocycles. The molecule has 12 heteroatoms. The van der Waals surface area contributed by atoms with Gasteiger partial charge in [0.2, 0.25) is 0 Å². The number of nitrogens with two attached hydrogens (primary N) is 1. The summed E-state index contributed by atoms with van der Waals surface area (Å²) in [4.78, 5) is 55.4. The van der Waals surface area contributed by atoms with Crippen molar-refractivity contribution in [3.63, 3.8) is 0 Å². The highest BCUT2D eigenvalue weighted by atomic mass is 16.6. The summed E-state index contributed by atoms with van der Waals surface area (Å²) in [6.45, 7) is 5.12. The van der Waals surface area contributed by atoms with Gasteiger partial charge in [0.15, 0.2) is 5.69 Å². The van der Waals surface area contributed by atoms with Crippen molar-refractivity contribution in [1.29, 1.82) is 5.41 Å². The minimum Gasteiger partial charge on any atom is -0.496 e. The molecule has 2 amide bonds. The molecule has 0 bridgehead atoms. The Morgan fingerprint density at radius 1 is 1.02 bits per heavy atom. The number of hydrogen-bond acceptors (Lipinski definition) is 9. The molecule has 1 fully saturated rings. The minimum atomic E-state index is -0.887. The summed E-state index contributed by atoms with van der Waals surface area (Å²) in [5, 5.41) is 13.2. The van der Waals surface area contributed by atoms with Crippen molar-refractivity contribution in [3.8, 4) is 16.9 Å². The first-order chi connectivity index (χ1) is 21.1. The number of nitrogen functional groups attached to an aromatic ring is 1. The van der Waals surface area contributed by atoms with Crippen LogP contribution in [0, 0.1) is 11.3 Å². The van der Waals surface area contributed by atoms with Gasteiger partial charge in [-0.3, -0.25) is 19.8 Å². The number of benzene rings is 2. The first-order valence-corrected chi connectivity index (χ1v) is 13.8. The molecule has 0 unspecified atom stereocenters. The predicted molar refractivity (Wildman–Crippen MR) is 164 cm³/mol. The molecule has 228 valence electrons. The van der Waals surface area contributed by atoms with Crippen LogP contribution in [0.2, 0.25) is 0 Å². The summed E-state index contributed by atoms with van der Waals surface area (Å²) in [5.41, 5.74) is 7.38. The van der Waals surface area contributed by atoms with Crippen molar-refractivity contribution in [2.75, 3.05) is 32.2 Å². The molecule has 0 aliphatic heterocycles. The first-order valence-electron chi connectivity index (χ1n) is 13.8. The Morgan fingerprint density at radius 2 is 1.73 bits per heavy atom. The number of anilines is 1. The summed E-state index contributed by atoms with van der Waals surface area (Å²) < 4.78 is 15.7. The van der Waals surface area contributed by atoms with Crippen LogP contribution in [0.25, 0.3) is 17.2 Å². The molecule has 5 N–H and O–H groups in total. The quantitative estimate of drug-likeness (QED) is 0.0982. The van der Waals surface area contributed by atoms with Crippen molar-refractivity contribution in [3.05, 3.63) is 83.2 Å². The fourth-order valence-electron chi connectivity index (χ4n) is 4.27. The van der Waals surface area contributed by atoms with E-state index in [9.17, 15) is 19.2 Å². The average Bonchev–Trinajstić information content (AvgIpc) is 3.85. The van der Waals surface area contributed by atoms with Crippen molar-refractivity contribution in [1.82, 2.24) is 10.3 Å². The summed E-state index contributed by atoms with van der Waals surface area (Å²) >= 11 is 0. The van der Waals surface area contributed by atoms with Gasteiger partial charge in [0.05, 0.1) is 7.11 Å². The number of esters is 2. The van der Waals surface area contributed by atoms with Gasteiger partial charge in [-0.25, -0.2) is 9.78 Å². The second-order valence-corrected chi connectivity index (χ2v) is 10.0. The van der Waals surface area contributed by atoms with Gasteiger partial charge in [-0.1, -0.05) is 12.7 Å². The molecule has 0 saturated heterocycles. The number of methoxy groups -OCH3 is 1. The van der Waals surface area contributed by atoms with Crippen LogP contribution >= 0.6 is 0 Å². The van der Waals surface area contributed by atoms with E-state index in [0.717, 1.165) is 12.8 Å². The molecule has 3 aromatic rings. The van der Waals surface area contributed by atoms with Crippen LogP contribution in [0.5, 0.6) is 5.75 Å².